The number of primary amides is 1. The number of benzene rings is 1. The summed E-state index contributed by atoms with van der Waals surface area (Å²) in [4.78, 5) is 73.4. The van der Waals surface area contributed by atoms with Crippen molar-refractivity contribution in [2.45, 2.75) is 44.4 Å². The van der Waals surface area contributed by atoms with Crippen LogP contribution in [0.25, 0.3) is 0 Å². The number of nitrogens with zero attached hydrogens (tertiary/aromatic N) is 3. The third-order valence-corrected chi connectivity index (χ3v) is 5.32. The molecule has 6 amide bonds. The molecule has 182 valence electrons. The Kier molecular flexibility index (Phi) is 8.01. The Morgan fingerprint density at radius 2 is 1.91 bits per heavy atom. The fraction of sp³-hybridized carbons (Fsp3) is 0.429. The van der Waals surface area contributed by atoms with E-state index in [1.54, 1.807) is 24.3 Å². The summed E-state index contributed by atoms with van der Waals surface area (Å²) in [5.74, 6) is -1.91. The summed E-state index contributed by atoms with van der Waals surface area (Å²) >= 11 is 0. The Hall–Kier alpha value is -4.16. The van der Waals surface area contributed by atoms with E-state index in [1.807, 2.05) is 6.07 Å². The molecule has 0 spiro atoms. The molecule has 0 saturated carbocycles. The number of hydrogen-bond donors (Lipinski definition) is 3. The van der Waals surface area contributed by atoms with Gasteiger partial charge in [-0.15, -0.1) is 0 Å². The molecule has 0 bridgehead atoms. The van der Waals surface area contributed by atoms with Crippen LogP contribution in [0, 0.1) is 0 Å². The molecule has 13 nitrogen and oxygen atoms in total. The summed E-state index contributed by atoms with van der Waals surface area (Å²) in [6, 6.07) is 5.82. The smallest absolute Gasteiger partial charge is 0.426 e. The summed E-state index contributed by atoms with van der Waals surface area (Å²) in [6.07, 6.45) is -0.390. The Balaban J connectivity index is 1.71. The third-order valence-electron chi connectivity index (χ3n) is 5.32. The predicted octanol–water partition coefficient (Wildman–Crippen LogP) is -0.579. The van der Waals surface area contributed by atoms with Crippen molar-refractivity contribution in [2.75, 3.05) is 13.1 Å². The zero-order chi connectivity index (χ0) is 24.7. The van der Waals surface area contributed by atoms with E-state index in [0.29, 0.717) is 12.7 Å². The van der Waals surface area contributed by atoms with Crippen molar-refractivity contribution < 1.29 is 33.5 Å². The van der Waals surface area contributed by atoms with Gasteiger partial charge in [-0.05, 0) is 18.4 Å². The third kappa shape index (κ3) is 5.99. The van der Waals surface area contributed by atoms with Crippen LogP contribution < -0.4 is 16.5 Å². The van der Waals surface area contributed by atoms with Gasteiger partial charge < -0.3 is 20.6 Å². The molecule has 1 unspecified atom stereocenters. The topological polar surface area (TPSA) is 171 Å². The number of hydrazine groups is 2. The molecule has 2 saturated heterocycles. The SMILES string of the molecule is NC(=O)CC(C=O)NC(=O)[C@@H]1CCCN2C(=O)CCN(NC(=O)OCc3ccccc3)C(=O)N12. The van der Waals surface area contributed by atoms with Crippen LogP contribution in [-0.2, 0) is 30.5 Å². The zero-order valence-electron chi connectivity index (χ0n) is 18.3. The number of hydrogen-bond acceptors (Lipinski definition) is 7. The molecule has 2 fully saturated rings. The van der Waals surface area contributed by atoms with Gasteiger partial charge in [0.05, 0.1) is 19.0 Å². The van der Waals surface area contributed by atoms with Crippen LogP contribution in [0.2, 0.25) is 0 Å². The van der Waals surface area contributed by atoms with Gasteiger partial charge in [0.15, 0.2) is 0 Å². The zero-order valence-corrected chi connectivity index (χ0v) is 18.3. The molecule has 2 aliphatic rings. The van der Waals surface area contributed by atoms with Crippen molar-refractivity contribution in [3.05, 3.63) is 35.9 Å². The molecule has 13 heteroatoms. The molecule has 2 heterocycles. The molecule has 0 radical (unpaired) electrons. The molecule has 0 aromatic heterocycles. The highest BCUT2D eigenvalue weighted by Gasteiger charge is 2.44. The first-order valence-corrected chi connectivity index (χ1v) is 10.7. The normalized spacial score (nSPS) is 18.9. The van der Waals surface area contributed by atoms with Crippen LogP contribution >= 0.6 is 0 Å². The first-order valence-electron chi connectivity index (χ1n) is 10.7. The maximum Gasteiger partial charge on any atom is 0.426 e. The van der Waals surface area contributed by atoms with Gasteiger partial charge in [-0.1, -0.05) is 30.3 Å². The van der Waals surface area contributed by atoms with Crippen molar-refractivity contribution >= 4 is 36.1 Å². The minimum atomic E-state index is -1.17. The second-order valence-corrected chi connectivity index (χ2v) is 7.80. The van der Waals surface area contributed by atoms with Crippen molar-refractivity contribution in [3.8, 4) is 0 Å². The highest BCUT2D eigenvalue weighted by molar-refractivity contribution is 5.92. The van der Waals surface area contributed by atoms with E-state index in [1.165, 1.54) is 0 Å². The van der Waals surface area contributed by atoms with Gasteiger partial charge in [0, 0.05) is 13.0 Å². The fourth-order valence-electron chi connectivity index (χ4n) is 3.71. The summed E-state index contributed by atoms with van der Waals surface area (Å²) < 4.78 is 5.14. The number of ether oxygens (including phenoxy) is 1. The van der Waals surface area contributed by atoms with E-state index in [0.717, 1.165) is 20.6 Å². The van der Waals surface area contributed by atoms with Gasteiger partial charge in [0.1, 0.15) is 18.9 Å². The number of aldehydes is 1. The van der Waals surface area contributed by atoms with E-state index in [2.05, 4.69) is 10.7 Å². The van der Waals surface area contributed by atoms with E-state index in [-0.39, 0.29) is 32.5 Å². The number of nitrogens with two attached hydrogens (primary N) is 1. The fourth-order valence-corrected chi connectivity index (χ4v) is 3.71. The second kappa shape index (κ2) is 11.1. The average Bonchev–Trinajstić information content (AvgIpc) is 2.94. The monoisotopic (exact) mass is 474 g/mol. The largest absolute Gasteiger partial charge is 0.443 e. The molecule has 2 aliphatic heterocycles. The molecular weight excluding hydrogens is 448 g/mol. The van der Waals surface area contributed by atoms with E-state index in [9.17, 15) is 28.8 Å². The van der Waals surface area contributed by atoms with Crippen LogP contribution in [0.15, 0.2) is 30.3 Å². The molecule has 1 aromatic rings. The number of nitrogens with one attached hydrogen (secondary N) is 2. The molecule has 34 heavy (non-hydrogen) atoms. The lowest BCUT2D eigenvalue weighted by atomic mass is 10.1. The van der Waals surface area contributed by atoms with Crippen LogP contribution in [-0.4, -0.2) is 76.3 Å². The lowest BCUT2D eigenvalue weighted by Crippen LogP contribution is -2.64. The number of urea groups is 1. The standard InChI is InChI=1S/C21H26N6O7/c22-17(29)11-15(12-28)23-19(31)16-7-4-9-26-18(30)8-10-25(21(33)27(16)26)24-20(32)34-13-14-5-2-1-3-6-14/h1-3,5-6,12,15-16H,4,7-11,13H2,(H2,22,29)(H,23,31)(H,24,32)/t15?,16-/m0/s1. The highest BCUT2D eigenvalue weighted by atomic mass is 16.6. The quantitative estimate of drug-likeness (QED) is 0.423. The van der Waals surface area contributed by atoms with Gasteiger partial charge in [-0.2, -0.15) is 0 Å². The Bertz CT molecular complexity index is 956. The Morgan fingerprint density at radius 1 is 1.18 bits per heavy atom. The van der Waals surface area contributed by atoms with Crippen LogP contribution in [0.1, 0.15) is 31.2 Å². The van der Waals surface area contributed by atoms with Gasteiger partial charge in [-0.3, -0.25) is 14.4 Å². The molecular formula is C21H26N6O7. The number of carbonyl (C=O) groups excluding carboxylic acids is 6. The molecule has 2 atom stereocenters. The summed E-state index contributed by atoms with van der Waals surface area (Å²) in [6.45, 7) is 0.0541. The highest BCUT2D eigenvalue weighted by Crippen LogP contribution is 2.23. The first-order chi connectivity index (χ1) is 16.3. The molecule has 3 rings (SSSR count). The van der Waals surface area contributed by atoms with E-state index in [4.69, 9.17) is 10.5 Å². The molecule has 1 aromatic carbocycles. The minimum absolute atomic E-state index is 0.0263. The van der Waals surface area contributed by atoms with Gasteiger partial charge in [0.2, 0.25) is 17.7 Å². The van der Waals surface area contributed by atoms with Crippen LogP contribution in [0.4, 0.5) is 9.59 Å². The van der Waals surface area contributed by atoms with E-state index < -0.39 is 48.4 Å². The number of carbonyl (C=O) groups is 6. The molecule has 0 aliphatic carbocycles. The van der Waals surface area contributed by atoms with Crippen molar-refractivity contribution in [3.63, 3.8) is 0 Å². The van der Waals surface area contributed by atoms with Crippen molar-refractivity contribution in [2.24, 2.45) is 5.73 Å². The summed E-state index contributed by atoms with van der Waals surface area (Å²) in [5, 5.41) is 5.43. The van der Waals surface area contributed by atoms with Gasteiger partial charge >= 0.3 is 12.1 Å². The second-order valence-electron chi connectivity index (χ2n) is 7.80. The van der Waals surface area contributed by atoms with Crippen molar-refractivity contribution in [1.29, 1.82) is 0 Å². The van der Waals surface area contributed by atoms with Crippen molar-refractivity contribution in [1.82, 2.24) is 25.8 Å². The van der Waals surface area contributed by atoms with Crippen LogP contribution in [0.3, 0.4) is 0 Å². The summed E-state index contributed by atoms with van der Waals surface area (Å²) in [5.41, 5.74) is 8.16. The lowest BCUT2D eigenvalue weighted by molar-refractivity contribution is -0.155. The molecule has 4 N–H and O–H groups in total. The van der Waals surface area contributed by atoms with Gasteiger partial charge in [-0.25, -0.2) is 30.0 Å². The number of fused-ring (bicyclic) bond motifs is 1. The first kappa shape index (κ1) is 24.5. The maximum absolute atomic E-state index is 13.2. The van der Waals surface area contributed by atoms with E-state index >= 15 is 0 Å². The Labute approximate surface area is 195 Å². The van der Waals surface area contributed by atoms with Gasteiger partial charge in [0.25, 0.3) is 0 Å². The number of rotatable bonds is 8. The minimum Gasteiger partial charge on any atom is -0.443 e. The predicted molar refractivity (Wildman–Crippen MR) is 115 cm³/mol. The summed E-state index contributed by atoms with van der Waals surface area (Å²) in [7, 11) is 0. The maximum atomic E-state index is 13.2. The lowest BCUT2D eigenvalue weighted by Gasteiger charge is -2.42. The Morgan fingerprint density at radius 3 is 2.59 bits per heavy atom. The average molecular weight is 474 g/mol. The van der Waals surface area contributed by atoms with Crippen LogP contribution in [0.5, 0.6) is 0 Å². The number of amides is 6.